The van der Waals surface area contributed by atoms with Crippen LogP contribution in [0.4, 0.5) is 5.82 Å². The van der Waals surface area contributed by atoms with Gasteiger partial charge in [0.25, 0.3) is 5.91 Å². The van der Waals surface area contributed by atoms with Crippen LogP contribution in [0.3, 0.4) is 0 Å². The maximum Gasteiger partial charge on any atom is 0.326 e. The van der Waals surface area contributed by atoms with E-state index >= 15 is 0 Å². The number of piperidine rings is 1. The van der Waals surface area contributed by atoms with Gasteiger partial charge in [-0.3, -0.25) is 9.36 Å². The number of amides is 1. The quantitative estimate of drug-likeness (QED) is 0.204. The van der Waals surface area contributed by atoms with Gasteiger partial charge in [0, 0.05) is 49.6 Å². The van der Waals surface area contributed by atoms with E-state index < -0.39 is 0 Å². The van der Waals surface area contributed by atoms with E-state index in [1.165, 1.54) is 12.8 Å². The van der Waals surface area contributed by atoms with Crippen molar-refractivity contribution in [2.75, 3.05) is 31.1 Å². The number of anilines is 1. The number of hydrogen-bond acceptors (Lipinski definition) is 6. The number of aromatic nitrogens is 4. The highest BCUT2D eigenvalue weighted by Crippen LogP contribution is 2.28. The first-order chi connectivity index (χ1) is 18.5. The van der Waals surface area contributed by atoms with Crippen LogP contribution in [0.2, 0.25) is 5.15 Å². The molecule has 4 heterocycles. The minimum Gasteiger partial charge on any atom is -0.356 e. The molecule has 4 aromatic rings. The predicted molar refractivity (Wildman–Crippen MR) is 151 cm³/mol. The summed E-state index contributed by atoms with van der Waals surface area (Å²) in [5.41, 5.74) is 3.46. The number of imidazole rings is 1. The summed E-state index contributed by atoms with van der Waals surface area (Å²) in [6.45, 7) is 3.26. The van der Waals surface area contributed by atoms with Crippen molar-refractivity contribution in [3.05, 3.63) is 81.4 Å². The number of carbonyl (C=O) groups is 1. The molecule has 0 radical (unpaired) electrons. The second-order valence-electron chi connectivity index (χ2n) is 9.85. The number of hydrogen-bond donors (Lipinski definition) is 1. The van der Waals surface area contributed by atoms with Crippen LogP contribution in [0.5, 0.6) is 0 Å². The third-order valence-electron chi connectivity index (χ3n) is 7.40. The zero-order valence-corrected chi connectivity index (χ0v) is 22.5. The molecule has 2 aliphatic heterocycles. The Morgan fingerprint density at radius 3 is 2.50 bits per heavy atom. The molecule has 0 unspecified atom stereocenters. The fourth-order valence-electron chi connectivity index (χ4n) is 5.40. The molecule has 8 nitrogen and oxygen atoms in total. The lowest BCUT2D eigenvalue weighted by Gasteiger charge is -2.32. The molecule has 2 saturated heterocycles. The Bertz CT molecular complexity index is 1500. The van der Waals surface area contributed by atoms with E-state index in [1.54, 1.807) is 11.8 Å². The third-order valence-corrected chi connectivity index (χ3v) is 8.51. The summed E-state index contributed by atoms with van der Waals surface area (Å²) < 4.78 is 1.85. The number of H-pyrrole nitrogens is 1. The Hall–Kier alpha value is -3.30. The van der Waals surface area contributed by atoms with Crippen molar-refractivity contribution < 1.29 is 4.79 Å². The van der Waals surface area contributed by atoms with Crippen LogP contribution in [-0.4, -0.2) is 56.5 Å². The highest BCUT2D eigenvalue weighted by Gasteiger charge is 2.26. The van der Waals surface area contributed by atoms with E-state index in [4.69, 9.17) is 16.6 Å². The van der Waals surface area contributed by atoms with Crippen molar-refractivity contribution in [3.63, 3.8) is 0 Å². The zero-order chi connectivity index (χ0) is 26.1. The van der Waals surface area contributed by atoms with Crippen LogP contribution in [0.1, 0.15) is 47.6 Å². The van der Waals surface area contributed by atoms with Gasteiger partial charge in [0.2, 0.25) is 0 Å². The molecule has 38 heavy (non-hydrogen) atoms. The number of nitrogens with one attached hydrogen (secondary N) is 1. The zero-order valence-electron chi connectivity index (χ0n) is 21.0. The minimum absolute atomic E-state index is 0.0300. The van der Waals surface area contributed by atoms with Gasteiger partial charge < -0.3 is 14.8 Å². The number of thioether (sulfide) groups is 1. The summed E-state index contributed by atoms with van der Waals surface area (Å²) in [5, 5.41) is 1.13. The summed E-state index contributed by atoms with van der Waals surface area (Å²) in [7, 11) is 0. The number of carbonyl (C=O) groups excluding carboxylic acids is 1. The third kappa shape index (κ3) is 5.17. The lowest BCUT2D eigenvalue weighted by Crippen LogP contribution is -2.40. The summed E-state index contributed by atoms with van der Waals surface area (Å²) in [6.07, 6.45) is 3.86. The van der Waals surface area contributed by atoms with Crippen molar-refractivity contribution in [2.45, 2.75) is 42.6 Å². The lowest BCUT2D eigenvalue weighted by atomic mass is 10.0. The predicted octanol–water partition coefficient (Wildman–Crippen LogP) is 5.14. The van der Waals surface area contributed by atoms with Crippen molar-refractivity contribution in [1.29, 1.82) is 0 Å². The van der Waals surface area contributed by atoms with E-state index in [2.05, 4.69) is 14.9 Å². The van der Waals surface area contributed by atoms with E-state index in [9.17, 15) is 9.59 Å². The van der Waals surface area contributed by atoms with Gasteiger partial charge in [-0.1, -0.05) is 47.6 Å². The average Bonchev–Trinajstić information content (AvgIpc) is 3.59. The summed E-state index contributed by atoms with van der Waals surface area (Å²) in [4.78, 5) is 41.9. The molecular formula is C28H29ClN6O2S. The van der Waals surface area contributed by atoms with Gasteiger partial charge in [-0.25, -0.2) is 14.8 Å². The van der Waals surface area contributed by atoms with Crippen LogP contribution in [0.25, 0.3) is 11.0 Å². The summed E-state index contributed by atoms with van der Waals surface area (Å²) >= 11 is 7.80. The normalized spacial score (nSPS) is 16.4. The fraction of sp³-hybridized carbons (Fsp3) is 0.357. The van der Waals surface area contributed by atoms with Crippen LogP contribution in [0.15, 0.2) is 64.5 Å². The molecule has 0 aliphatic carbocycles. The number of benzene rings is 2. The average molecular weight is 549 g/mol. The number of aromatic amines is 1. The Labute approximate surface area is 230 Å². The van der Waals surface area contributed by atoms with Gasteiger partial charge in [0.1, 0.15) is 11.0 Å². The Morgan fingerprint density at radius 1 is 1.00 bits per heavy atom. The first-order valence-corrected chi connectivity index (χ1v) is 14.4. The smallest absolute Gasteiger partial charge is 0.326 e. The second kappa shape index (κ2) is 10.8. The molecule has 196 valence electrons. The Kier molecular flexibility index (Phi) is 7.12. The van der Waals surface area contributed by atoms with E-state index in [0.29, 0.717) is 34.7 Å². The van der Waals surface area contributed by atoms with Crippen LogP contribution in [0, 0.1) is 0 Å². The Morgan fingerprint density at radius 2 is 1.74 bits per heavy atom. The molecule has 0 saturated carbocycles. The van der Waals surface area contributed by atoms with Crippen LogP contribution in [-0.2, 0) is 5.75 Å². The molecule has 2 aromatic carbocycles. The topological polar surface area (TPSA) is 87.1 Å². The minimum atomic E-state index is -0.0834. The molecule has 2 aliphatic rings. The molecule has 1 amide bonds. The second-order valence-corrected chi connectivity index (χ2v) is 11.2. The molecular weight excluding hydrogens is 520 g/mol. The molecule has 2 fully saturated rings. The van der Waals surface area contributed by atoms with Gasteiger partial charge in [-0.05, 0) is 55.5 Å². The first kappa shape index (κ1) is 25.0. The number of para-hydroxylation sites is 2. The highest BCUT2D eigenvalue weighted by molar-refractivity contribution is 7.98. The van der Waals surface area contributed by atoms with Crippen molar-refractivity contribution in [2.24, 2.45) is 0 Å². The number of nitrogens with zero attached hydrogens (tertiary/aromatic N) is 5. The molecule has 10 heteroatoms. The maximum absolute atomic E-state index is 13.2. The highest BCUT2D eigenvalue weighted by atomic mass is 35.5. The summed E-state index contributed by atoms with van der Waals surface area (Å²) in [5.74, 6) is 1.62. The van der Waals surface area contributed by atoms with Crippen molar-refractivity contribution >= 4 is 46.1 Å². The SMILES string of the molecule is O=C(c1ccc(CSc2nc(Cl)cc(N3CCCC3)n2)cc1)N1CCC(n2c(=O)[nH]c3ccccc32)CC1. The lowest BCUT2D eigenvalue weighted by molar-refractivity contribution is 0.0695. The molecule has 6 rings (SSSR count). The number of halogens is 1. The van der Waals surface area contributed by atoms with Gasteiger partial charge in [-0.15, -0.1) is 0 Å². The van der Waals surface area contributed by atoms with Gasteiger partial charge in [0.15, 0.2) is 5.16 Å². The summed E-state index contributed by atoms with van der Waals surface area (Å²) in [6, 6.07) is 17.4. The van der Waals surface area contributed by atoms with Crippen LogP contribution >= 0.6 is 23.4 Å². The van der Waals surface area contributed by atoms with Crippen LogP contribution < -0.4 is 10.6 Å². The standard InChI is InChI=1S/C28H29ClN6O2S/c29-24-17-25(33-13-3-4-14-33)32-27(31-24)38-18-19-7-9-20(10-8-19)26(36)34-15-11-21(12-16-34)35-23-6-2-1-5-22(23)30-28(35)37/h1-2,5-10,17,21H,3-4,11-16,18H2,(H,30,37). The number of rotatable bonds is 6. The first-order valence-electron chi connectivity index (χ1n) is 13.0. The molecule has 0 atom stereocenters. The largest absolute Gasteiger partial charge is 0.356 e. The molecule has 0 bridgehead atoms. The number of likely N-dealkylation sites (tertiary alicyclic amines) is 1. The maximum atomic E-state index is 13.2. The molecule has 2 aromatic heterocycles. The van der Waals surface area contributed by atoms with E-state index in [0.717, 1.165) is 48.3 Å². The number of fused-ring (bicyclic) bond motifs is 1. The fourth-order valence-corrected chi connectivity index (χ4v) is 6.43. The van der Waals surface area contributed by atoms with Gasteiger partial charge in [0.05, 0.1) is 11.0 Å². The molecule has 1 N–H and O–H groups in total. The monoisotopic (exact) mass is 548 g/mol. The molecule has 0 spiro atoms. The van der Waals surface area contributed by atoms with Crippen molar-refractivity contribution in [1.82, 2.24) is 24.4 Å². The van der Waals surface area contributed by atoms with E-state index in [-0.39, 0.29) is 17.6 Å². The van der Waals surface area contributed by atoms with Gasteiger partial charge >= 0.3 is 5.69 Å². The Balaban J connectivity index is 1.06. The van der Waals surface area contributed by atoms with E-state index in [1.807, 2.05) is 64.1 Å². The van der Waals surface area contributed by atoms with Gasteiger partial charge in [-0.2, -0.15) is 0 Å². The van der Waals surface area contributed by atoms with Crippen molar-refractivity contribution in [3.8, 4) is 0 Å².